The number of imidazole rings is 1. The molecule has 3 aromatic rings. The van der Waals surface area contributed by atoms with Gasteiger partial charge >= 0.3 is 0 Å². The Labute approximate surface area is 220 Å². The topological polar surface area (TPSA) is 99.8 Å². The number of nitrogens with one attached hydrogen (secondary N) is 2. The number of halogens is 2. The molecule has 0 saturated heterocycles. The summed E-state index contributed by atoms with van der Waals surface area (Å²) in [6.07, 6.45) is 4.16. The van der Waals surface area contributed by atoms with Crippen LogP contribution in [-0.2, 0) is 11.2 Å². The maximum atomic E-state index is 14.6. The van der Waals surface area contributed by atoms with Crippen LogP contribution in [0.1, 0.15) is 66.0 Å². The van der Waals surface area contributed by atoms with E-state index in [1.165, 1.54) is 17.0 Å². The highest BCUT2D eigenvalue weighted by molar-refractivity contribution is 6.30. The van der Waals surface area contributed by atoms with Gasteiger partial charge in [-0.25, -0.2) is 9.37 Å². The first-order valence-corrected chi connectivity index (χ1v) is 12.7. The average Bonchev–Trinajstić information content (AvgIpc) is 3.25. The molecule has 1 aliphatic heterocycles. The van der Waals surface area contributed by atoms with E-state index in [9.17, 15) is 19.2 Å². The largest absolute Gasteiger partial charge is 0.352 e. The van der Waals surface area contributed by atoms with Crippen molar-refractivity contribution in [2.75, 3.05) is 0 Å². The van der Waals surface area contributed by atoms with E-state index in [4.69, 9.17) is 11.6 Å². The van der Waals surface area contributed by atoms with E-state index in [0.29, 0.717) is 31.4 Å². The molecule has 9 heteroatoms. The van der Waals surface area contributed by atoms with Crippen LogP contribution in [0.15, 0.2) is 48.8 Å². The number of carbonyl (C=O) groups excluding carboxylic acids is 2. The molecule has 0 saturated carbocycles. The standard InChI is InChI=1S/C28H29ClFN5O2/c1-17-6-3-10-23(20-8-4-7-19(14-20)15-21(12-13-31)33-27(17)36)34-28(37)26-18(2)35(16-32-26)24-11-5-9-22(29)25(24)30/h4-5,7-9,11,14,16-17,21,23H,3,6,10,12,15H2,1-2H3,(H,33,36)(H,34,37)/t17-,21+,23+/m1/s1. The Hall–Kier alpha value is -3.70. The lowest BCUT2D eigenvalue weighted by atomic mass is 9.92. The molecule has 2 N–H and O–H groups in total. The van der Waals surface area contributed by atoms with Gasteiger partial charge in [-0.3, -0.25) is 14.2 Å². The zero-order valence-electron chi connectivity index (χ0n) is 20.8. The summed E-state index contributed by atoms with van der Waals surface area (Å²) in [5.74, 6) is -1.22. The number of rotatable bonds is 4. The fourth-order valence-corrected chi connectivity index (χ4v) is 4.88. The highest BCUT2D eigenvalue weighted by Crippen LogP contribution is 2.26. The number of benzene rings is 2. The molecule has 0 unspecified atom stereocenters. The highest BCUT2D eigenvalue weighted by Gasteiger charge is 2.24. The van der Waals surface area contributed by atoms with Gasteiger partial charge in [0, 0.05) is 12.0 Å². The number of nitrogens with zero attached hydrogens (tertiary/aromatic N) is 3. The number of amides is 2. The first-order valence-electron chi connectivity index (χ1n) is 12.3. The smallest absolute Gasteiger partial charge is 0.272 e. The molecule has 2 bridgehead atoms. The number of nitriles is 1. The van der Waals surface area contributed by atoms with Crippen LogP contribution in [0.3, 0.4) is 0 Å². The van der Waals surface area contributed by atoms with Gasteiger partial charge in [-0.1, -0.05) is 55.3 Å². The Bertz CT molecular complexity index is 1350. The monoisotopic (exact) mass is 521 g/mol. The molecule has 2 heterocycles. The maximum Gasteiger partial charge on any atom is 0.272 e. The van der Waals surface area contributed by atoms with Crippen LogP contribution in [0, 0.1) is 30.0 Å². The number of fused-ring (bicyclic) bond motifs is 2. The van der Waals surface area contributed by atoms with E-state index in [1.54, 1.807) is 19.1 Å². The Morgan fingerprint density at radius 3 is 2.86 bits per heavy atom. The van der Waals surface area contributed by atoms with E-state index in [0.717, 1.165) is 11.1 Å². The Morgan fingerprint density at radius 2 is 2.08 bits per heavy atom. The molecule has 1 aromatic heterocycles. The number of hydrogen-bond donors (Lipinski definition) is 2. The van der Waals surface area contributed by atoms with Gasteiger partial charge in [0.05, 0.1) is 34.9 Å². The zero-order valence-corrected chi connectivity index (χ0v) is 21.6. The molecule has 0 aliphatic carbocycles. The number of aromatic nitrogens is 2. The molecular formula is C28H29ClFN5O2. The van der Waals surface area contributed by atoms with E-state index in [2.05, 4.69) is 21.7 Å². The third kappa shape index (κ3) is 6.00. The zero-order chi connectivity index (χ0) is 26.5. The third-order valence-electron chi connectivity index (χ3n) is 6.81. The predicted octanol–water partition coefficient (Wildman–Crippen LogP) is 5.21. The molecular weight excluding hydrogens is 493 g/mol. The summed E-state index contributed by atoms with van der Waals surface area (Å²) in [6, 6.07) is 14.1. The van der Waals surface area contributed by atoms with Crippen molar-refractivity contribution in [3.63, 3.8) is 0 Å². The Morgan fingerprint density at radius 1 is 1.30 bits per heavy atom. The molecule has 192 valence electrons. The molecule has 7 nitrogen and oxygen atoms in total. The van der Waals surface area contributed by atoms with Gasteiger partial charge in [0.25, 0.3) is 5.91 Å². The summed E-state index contributed by atoms with van der Waals surface area (Å²) in [7, 11) is 0. The SMILES string of the molecule is Cc1c(C(=O)N[C@H]2CCC[C@@H](C)C(=O)N[C@@H](CC#N)Cc3cccc2c3)ncn1-c1cccc(Cl)c1F. The number of carbonyl (C=O) groups is 2. The summed E-state index contributed by atoms with van der Waals surface area (Å²) in [5.41, 5.74) is 2.82. The van der Waals surface area contributed by atoms with Crippen molar-refractivity contribution >= 4 is 23.4 Å². The lowest BCUT2D eigenvalue weighted by Gasteiger charge is -2.24. The lowest BCUT2D eigenvalue weighted by molar-refractivity contribution is -0.125. The minimum atomic E-state index is -0.583. The van der Waals surface area contributed by atoms with Crippen LogP contribution in [0.4, 0.5) is 4.39 Å². The highest BCUT2D eigenvalue weighted by atomic mass is 35.5. The van der Waals surface area contributed by atoms with Crippen LogP contribution >= 0.6 is 11.6 Å². The Kier molecular flexibility index (Phi) is 8.24. The second-order valence-electron chi connectivity index (χ2n) is 9.50. The van der Waals surface area contributed by atoms with E-state index in [-0.39, 0.29) is 52.6 Å². The molecule has 3 atom stereocenters. The normalized spacial score (nSPS) is 20.2. The van der Waals surface area contributed by atoms with Crippen molar-refractivity contribution in [1.29, 1.82) is 5.26 Å². The van der Waals surface area contributed by atoms with Crippen molar-refractivity contribution in [3.05, 3.63) is 82.1 Å². The summed E-state index contributed by atoms with van der Waals surface area (Å²) in [6.45, 7) is 3.59. The van der Waals surface area contributed by atoms with Crippen LogP contribution < -0.4 is 10.6 Å². The molecule has 4 rings (SSSR count). The fourth-order valence-electron chi connectivity index (χ4n) is 4.71. The first kappa shape index (κ1) is 26.4. The quantitative estimate of drug-likeness (QED) is 0.492. The summed E-state index contributed by atoms with van der Waals surface area (Å²) in [4.78, 5) is 30.3. The van der Waals surface area contributed by atoms with Crippen molar-refractivity contribution in [3.8, 4) is 11.8 Å². The molecule has 37 heavy (non-hydrogen) atoms. The van der Waals surface area contributed by atoms with Crippen LogP contribution in [-0.4, -0.2) is 27.4 Å². The van der Waals surface area contributed by atoms with E-state index < -0.39 is 5.82 Å². The van der Waals surface area contributed by atoms with Gasteiger partial charge in [-0.2, -0.15) is 5.26 Å². The molecule has 2 amide bonds. The summed E-state index contributed by atoms with van der Waals surface area (Å²) >= 11 is 5.94. The van der Waals surface area contributed by atoms with Crippen LogP contribution in [0.2, 0.25) is 5.02 Å². The third-order valence-corrected chi connectivity index (χ3v) is 7.11. The molecule has 1 aliphatic rings. The second kappa shape index (κ2) is 11.6. The summed E-state index contributed by atoms with van der Waals surface area (Å²) < 4.78 is 16.1. The van der Waals surface area contributed by atoms with E-state index >= 15 is 0 Å². The summed E-state index contributed by atoms with van der Waals surface area (Å²) in [5, 5.41) is 15.3. The van der Waals surface area contributed by atoms with Gasteiger partial charge in [0.15, 0.2) is 5.82 Å². The van der Waals surface area contributed by atoms with Gasteiger partial charge in [0.2, 0.25) is 5.91 Å². The maximum absolute atomic E-state index is 14.6. The molecule has 0 radical (unpaired) electrons. The minimum absolute atomic E-state index is 0.00961. The van der Waals surface area contributed by atoms with Crippen molar-refractivity contribution < 1.29 is 14.0 Å². The van der Waals surface area contributed by atoms with Gasteiger partial charge in [-0.05, 0) is 49.4 Å². The van der Waals surface area contributed by atoms with Gasteiger partial charge < -0.3 is 10.6 Å². The molecule has 0 spiro atoms. The van der Waals surface area contributed by atoms with Crippen LogP contribution in [0.5, 0.6) is 0 Å². The Balaban J connectivity index is 1.61. The molecule has 0 fully saturated rings. The van der Waals surface area contributed by atoms with Crippen molar-refractivity contribution in [2.45, 2.75) is 58.0 Å². The van der Waals surface area contributed by atoms with Crippen molar-refractivity contribution in [2.24, 2.45) is 5.92 Å². The average molecular weight is 522 g/mol. The molecule has 2 aromatic carbocycles. The predicted molar refractivity (Wildman–Crippen MR) is 139 cm³/mol. The number of hydrogen-bond acceptors (Lipinski definition) is 4. The van der Waals surface area contributed by atoms with Gasteiger partial charge in [-0.15, -0.1) is 0 Å². The van der Waals surface area contributed by atoms with Gasteiger partial charge in [0.1, 0.15) is 12.0 Å². The minimum Gasteiger partial charge on any atom is -0.352 e. The van der Waals surface area contributed by atoms with E-state index in [1.807, 2.05) is 31.2 Å². The fraction of sp³-hybridized carbons (Fsp3) is 0.357. The van der Waals surface area contributed by atoms with Crippen LogP contribution in [0.25, 0.3) is 5.69 Å². The van der Waals surface area contributed by atoms with Crippen molar-refractivity contribution in [1.82, 2.24) is 20.2 Å². The lowest BCUT2D eigenvalue weighted by Crippen LogP contribution is -2.39. The second-order valence-corrected chi connectivity index (χ2v) is 9.90. The first-order chi connectivity index (χ1) is 17.8.